The lowest BCUT2D eigenvalue weighted by Crippen LogP contribution is -2.40. The van der Waals surface area contributed by atoms with Crippen LogP contribution in [0.5, 0.6) is 0 Å². The van der Waals surface area contributed by atoms with Crippen molar-refractivity contribution in [2.75, 3.05) is 19.6 Å². The summed E-state index contributed by atoms with van der Waals surface area (Å²) < 4.78 is 60.5. The fourth-order valence-electron chi connectivity index (χ4n) is 2.36. The first-order valence-corrected chi connectivity index (χ1v) is 12.0. The van der Waals surface area contributed by atoms with Gasteiger partial charge in [0.2, 0.25) is 5.91 Å². The number of carbonyl (C=O) groups excluding carboxylic acids is 2. The van der Waals surface area contributed by atoms with Crippen LogP contribution in [0.3, 0.4) is 0 Å². The summed E-state index contributed by atoms with van der Waals surface area (Å²) in [6, 6.07) is 5.66. The topological polar surface area (TPSA) is 279 Å². The number of nitro benzene ring substituents is 1. The van der Waals surface area contributed by atoms with E-state index in [1.54, 1.807) is 0 Å². The number of nitro groups is 1. The molecular formula is C15H22N6O12S2. The Kier molecular flexibility index (Phi) is 11.4. The Hall–Kier alpha value is -3.43. The highest BCUT2D eigenvalue weighted by Gasteiger charge is 2.17. The average Bonchev–Trinajstić information content (AvgIpc) is 3.22. The second kappa shape index (κ2) is 13.5. The number of guanidine groups is 1. The summed E-state index contributed by atoms with van der Waals surface area (Å²) in [4.78, 5) is 37.1. The number of alkyl carbamates (subject to hydrolysis) is 1. The number of hydrogen-bond acceptors (Lipinski definition) is 12. The summed E-state index contributed by atoms with van der Waals surface area (Å²) in [6.07, 6.45) is 0.0167. The van der Waals surface area contributed by atoms with E-state index in [0.717, 1.165) is 19.5 Å². The molecule has 1 fully saturated rings. The minimum atomic E-state index is -5.12. The van der Waals surface area contributed by atoms with Crippen LogP contribution in [0.1, 0.15) is 12.0 Å². The predicted molar refractivity (Wildman–Crippen MR) is 117 cm³/mol. The molecule has 1 aromatic carbocycles. The fraction of sp³-hybridized carbons (Fsp3) is 0.400. The quantitative estimate of drug-likeness (QED) is 0.0696. The van der Waals surface area contributed by atoms with Crippen LogP contribution < -0.4 is 21.7 Å². The van der Waals surface area contributed by atoms with Gasteiger partial charge in [-0.3, -0.25) is 29.3 Å². The first kappa shape index (κ1) is 29.6. The number of non-ortho nitro benzene ring substituents is 1. The van der Waals surface area contributed by atoms with Crippen LogP contribution in [0.2, 0.25) is 0 Å². The molecule has 1 atom stereocenters. The van der Waals surface area contributed by atoms with E-state index in [0.29, 0.717) is 5.56 Å². The van der Waals surface area contributed by atoms with Crippen molar-refractivity contribution in [3.05, 3.63) is 39.9 Å². The van der Waals surface area contributed by atoms with E-state index in [9.17, 15) is 36.5 Å². The van der Waals surface area contributed by atoms with Gasteiger partial charge in [-0.05, 0) is 30.7 Å². The van der Waals surface area contributed by atoms with Crippen LogP contribution in [-0.4, -0.2) is 74.5 Å². The first-order valence-electron chi connectivity index (χ1n) is 9.27. The first-order chi connectivity index (χ1) is 16.1. The lowest BCUT2D eigenvalue weighted by atomic mass is 10.2. The smallest absolute Gasteiger partial charge is 0.414 e. The van der Waals surface area contributed by atoms with E-state index in [1.807, 2.05) is 0 Å². The Morgan fingerprint density at radius 2 is 1.80 bits per heavy atom. The molecule has 0 unspecified atom stereocenters. The predicted octanol–water partition coefficient (Wildman–Crippen LogP) is -1.78. The number of nitrogens with one attached hydrogen (secondary N) is 3. The number of carbonyl (C=O) groups is 2. The van der Waals surface area contributed by atoms with Gasteiger partial charge in [0.25, 0.3) is 5.69 Å². The molecule has 1 aliphatic rings. The second-order valence-electron chi connectivity index (χ2n) is 6.51. The van der Waals surface area contributed by atoms with Crippen LogP contribution in [0.4, 0.5) is 10.5 Å². The molecule has 0 saturated carbocycles. The lowest BCUT2D eigenvalue weighted by Gasteiger charge is -2.10. The van der Waals surface area contributed by atoms with E-state index in [2.05, 4.69) is 24.6 Å². The molecule has 1 saturated heterocycles. The van der Waals surface area contributed by atoms with Crippen LogP contribution in [0, 0.1) is 10.1 Å². The number of hydrogen-bond donors (Lipinski definition) is 6. The second-order valence-corrected chi connectivity index (χ2v) is 8.76. The Morgan fingerprint density at radius 1 is 1.20 bits per heavy atom. The van der Waals surface area contributed by atoms with Gasteiger partial charge in [0.05, 0.1) is 4.92 Å². The summed E-state index contributed by atoms with van der Waals surface area (Å²) in [7, 11) is -10.2. The molecule has 196 valence electrons. The molecule has 20 heteroatoms. The number of nitrogens with zero attached hydrogens (tertiary/aromatic N) is 2. The zero-order valence-corrected chi connectivity index (χ0v) is 19.3. The summed E-state index contributed by atoms with van der Waals surface area (Å²) in [6.45, 7) is 1.29. The highest BCUT2D eigenvalue weighted by molar-refractivity contribution is 7.94. The summed E-state index contributed by atoms with van der Waals surface area (Å²) in [5.41, 5.74) is 6.04. The molecule has 1 aliphatic heterocycles. The van der Waals surface area contributed by atoms with Crippen molar-refractivity contribution >= 4 is 44.4 Å². The summed E-state index contributed by atoms with van der Waals surface area (Å²) in [5.74, 6) is -0.527. The zero-order chi connectivity index (χ0) is 26.6. The number of rotatable bonds is 8. The van der Waals surface area contributed by atoms with Crippen molar-refractivity contribution in [3.63, 3.8) is 0 Å². The molecule has 0 radical (unpaired) electrons. The van der Waals surface area contributed by atoms with Gasteiger partial charge >= 0.3 is 26.9 Å². The van der Waals surface area contributed by atoms with E-state index >= 15 is 0 Å². The minimum absolute atomic E-state index is 0.0544. The maximum Gasteiger partial charge on any atom is 0.414 e. The molecule has 0 aliphatic carbocycles. The van der Waals surface area contributed by atoms with E-state index in [1.165, 1.54) is 24.3 Å². The Labute approximate surface area is 198 Å². The van der Waals surface area contributed by atoms with Gasteiger partial charge in [-0.25, -0.2) is 9.79 Å². The Bertz CT molecular complexity index is 1100. The molecule has 1 aromatic rings. The fourth-order valence-corrected chi connectivity index (χ4v) is 3.23. The van der Waals surface area contributed by atoms with Gasteiger partial charge in [-0.2, -0.15) is 16.8 Å². The summed E-state index contributed by atoms with van der Waals surface area (Å²) >= 11 is 0. The molecule has 0 spiro atoms. The molecular weight excluding hydrogens is 520 g/mol. The SMILES string of the molecule is NC(=NCC(=O)N[C@H]1CCNC1)NC(=O)OCc1ccc([N+](=O)[O-])cc1.O=S(=O)(O)OS(=O)(=O)O. The molecule has 0 bridgehead atoms. The molecule has 2 amide bonds. The van der Waals surface area contributed by atoms with E-state index in [4.69, 9.17) is 19.6 Å². The van der Waals surface area contributed by atoms with Crippen molar-refractivity contribution in [2.45, 2.75) is 19.1 Å². The molecule has 0 aromatic heterocycles. The van der Waals surface area contributed by atoms with Crippen molar-refractivity contribution in [3.8, 4) is 0 Å². The monoisotopic (exact) mass is 542 g/mol. The minimum Gasteiger partial charge on any atom is -0.444 e. The Balaban J connectivity index is 0.000000579. The third kappa shape index (κ3) is 14.4. The van der Waals surface area contributed by atoms with Crippen LogP contribution in [-0.2, 0) is 40.6 Å². The largest absolute Gasteiger partial charge is 0.444 e. The third-order valence-electron chi connectivity index (χ3n) is 3.74. The van der Waals surface area contributed by atoms with Crippen LogP contribution >= 0.6 is 0 Å². The number of aliphatic imine (C=N–C) groups is 1. The van der Waals surface area contributed by atoms with E-state index in [-0.39, 0.29) is 36.7 Å². The third-order valence-corrected chi connectivity index (χ3v) is 5.11. The maximum atomic E-state index is 11.7. The van der Waals surface area contributed by atoms with Crippen molar-refractivity contribution in [1.82, 2.24) is 16.0 Å². The number of ether oxygens (including phenoxy) is 1. The molecule has 1 heterocycles. The van der Waals surface area contributed by atoms with Crippen molar-refractivity contribution in [2.24, 2.45) is 10.7 Å². The number of amides is 2. The zero-order valence-electron chi connectivity index (χ0n) is 17.7. The Morgan fingerprint density at radius 3 is 2.26 bits per heavy atom. The van der Waals surface area contributed by atoms with Gasteiger partial charge in [0.1, 0.15) is 13.2 Å². The highest BCUT2D eigenvalue weighted by atomic mass is 32.3. The van der Waals surface area contributed by atoms with Gasteiger partial charge in [-0.15, -0.1) is 3.63 Å². The molecule has 7 N–H and O–H groups in total. The number of nitrogens with two attached hydrogens (primary N) is 1. The standard InChI is InChI=1S/C15H20N6O5.H2O7S2/c16-14(18-8-13(22)19-11-5-6-17-7-11)20-15(23)26-9-10-1-3-12(4-2-10)21(24)25;1-8(2,3)7-9(4,5)6/h1-4,11,17H,5-9H2,(H,19,22)(H3,16,18,20,23);(H,1,2,3)(H,4,5,6)/t11-;/m0./s1. The normalized spacial score (nSPS) is 15.9. The van der Waals surface area contributed by atoms with Crippen LogP contribution in [0.15, 0.2) is 29.3 Å². The molecule has 2 rings (SSSR count). The summed E-state index contributed by atoms with van der Waals surface area (Å²) in [5, 5.41) is 18.7. The van der Waals surface area contributed by atoms with Gasteiger partial charge < -0.3 is 21.1 Å². The molecule has 35 heavy (non-hydrogen) atoms. The van der Waals surface area contributed by atoms with Gasteiger partial charge in [0, 0.05) is 24.7 Å². The highest BCUT2D eigenvalue weighted by Crippen LogP contribution is 2.12. The van der Waals surface area contributed by atoms with Crippen molar-refractivity contribution in [1.29, 1.82) is 0 Å². The number of benzene rings is 1. The van der Waals surface area contributed by atoms with Crippen molar-refractivity contribution < 1.29 is 48.8 Å². The van der Waals surface area contributed by atoms with E-state index < -0.39 is 31.8 Å². The molecule has 18 nitrogen and oxygen atoms in total. The van der Waals surface area contributed by atoms with Crippen LogP contribution in [0.25, 0.3) is 0 Å². The van der Waals surface area contributed by atoms with Gasteiger partial charge in [0.15, 0.2) is 5.96 Å². The average molecular weight is 543 g/mol. The maximum absolute atomic E-state index is 11.7. The van der Waals surface area contributed by atoms with Gasteiger partial charge in [-0.1, -0.05) is 0 Å². The lowest BCUT2D eigenvalue weighted by molar-refractivity contribution is -0.384.